The molecule has 1 rings (SSSR count). The molecule has 1 aliphatic rings. The molecular formula is C7H9BrN2. The third-order valence-electron chi connectivity index (χ3n) is 1.26. The predicted molar refractivity (Wildman–Crippen MR) is 47.0 cm³/mol. The highest BCUT2D eigenvalue weighted by Gasteiger charge is 2.02. The van der Waals surface area contributed by atoms with Crippen LogP contribution >= 0.6 is 15.9 Å². The van der Waals surface area contributed by atoms with Crippen LogP contribution in [-0.4, -0.2) is 18.2 Å². The lowest BCUT2D eigenvalue weighted by Gasteiger charge is -2.17. The maximum atomic E-state index is 4.16. The number of nitrogens with zero attached hydrogens (tertiary/aromatic N) is 2. The first-order valence-electron chi connectivity index (χ1n) is 3.04. The van der Waals surface area contributed by atoms with Gasteiger partial charge in [0.1, 0.15) is 5.82 Å². The topological polar surface area (TPSA) is 15.6 Å². The highest BCUT2D eigenvalue weighted by Crippen LogP contribution is 2.14. The van der Waals surface area contributed by atoms with Crippen LogP contribution < -0.4 is 0 Å². The Morgan fingerprint density at radius 1 is 1.70 bits per heavy atom. The molecule has 0 amide bonds. The van der Waals surface area contributed by atoms with Crippen LogP contribution in [0.1, 0.15) is 6.92 Å². The van der Waals surface area contributed by atoms with E-state index in [1.54, 1.807) is 6.21 Å². The average Bonchev–Trinajstić information content (AvgIpc) is 1.88. The third kappa shape index (κ3) is 1.48. The molecule has 10 heavy (non-hydrogen) atoms. The van der Waals surface area contributed by atoms with Gasteiger partial charge in [-0.3, -0.25) is 0 Å². The summed E-state index contributed by atoms with van der Waals surface area (Å²) in [5, 5.41) is 0. The second-order valence-electron chi connectivity index (χ2n) is 2.03. The van der Waals surface area contributed by atoms with Crippen molar-refractivity contribution in [2.45, 2.75) is 6.92 Å². The van der Waals surface area contributed by atoms with E-state index in [-0.39, 0.29) is 0 Å². The summed E-state index contributed by atoms with van der Waals surface area (Å²) in [4.78, 5) is 6.12. The van der Waals surface area contributed by atoms with Gasteiger partial charge in [-0.1, -0.05) is 0 Å². The summed E-state index contributed by atoms with van der Waals surface area (Å²) in [6.45, 7) is 1.97. The molecule has 0 spiro atoms. The number of aliphatic imine (C=N–C) groups is 1. The number of hydrogen-bond acceptors (Lipinski definition) is 2. The van der Waals surface area contributed by atoms with Gasteiger partial charge in [-0.15, -0.1) is 0 Å². The van der Waals surface area contributed by atoms with Crippen LogP contribution in [0.3, 0.4) is 0 Å². The first-order valence-corrected chi connectivity index (χ1v) is 3.84. The molecule has 1 heterocycles. The van der Waals surface area contributed by atoms with Gasteiger partial charge in [-0.25, -0.2) is 4.99 Å². The lowest BCUT2D eigenvalue weighted by molar-refractivity contribution is 0.556. The standard InChI is InChI=1S/C7H9BrN2/c1-3-7-9-4-6(8)5-10(7)2/h3-5H,1-2H3. The van der Waals surface area contributed by atoms with Gasteiger partial charge in [0, 0.05) is 19.5 Å². The molecule has 0 fully saturated rings. The van der Waals surface area contributed by atoms with Crippen LogP contribution in [0.2, 0.25) is 0 Å². The van der Waals surface area contributed by atoms with E-state index in [2.05, 4.69) is 20.9 Å². The molecule has 0 atom stereocenters. The van der Waals surface area contributed by atoms with Crippen molar-refractivity contribution in [1.82, 2.24) is 4.90 Å². The fourth-order valence-corrected chi connectivity index (χ4v) is 1.19. The monoisotopic (exact) mass is 200 g/mol. The van der Waals surface area contributed by atoms with Gasteiger partial charge in [0.15, 0.2) is 0 Å². The van der Waals surface area contributed by atoms with Crippen LogP contribution in [-0.2, 0) is 0 Å². The molecular weight excluding hydrogens is 192 g/mol. The zero-order valence-corrected chi connectivity index (χ0v) is 7.59. The highest BCUT2D eigenvalue weighted by atomic mass is 79.9. The molecule has 54 valence electrons. The average molecular weight is 201 g/mol. The Morgan fingerprint density at radius 2 is 2.40 bits per heavy atom. The molecule has 0 bridgehead atoms. The Balaban J connectivity index is 2.84. The van der Waals surface area contributed by atoms with Gasteiger partial charge in [-0.2, -0.15) is 0 Å². The van der Waals surface area contributed by atoms with E-state index in [1.165, 1.54) is 0 Å². The molecule has 0 saturated heterocycles. The van der Waals surface area contributed by atoms with Crippen molar-refractivity contribution in [2.24, 2.45) is 4.99 Å². The van der Waals surface area contributed by atoms with Crippen molar-refractivity contribution in [3.05, 3.63) is 22.6 Å². The Morgan fingerprint density at radius 3 is 2.90 bits per heavy atom. The zero-order valence-electron chi connectivity index (χ0n) is 6.00. The highest BCUT2D eigenvalue weighted by molar-refractivity contribution is 9.12. The molecule has 0 aromatic carbocycles. The van der Waals surface area contributed by atoms with Crippen molar-refractivity contribution in [3.8, 4) is 0 Å². The first kappa shape index (κ1) is 7.54. The van der Waals surface area contributed by atoms with Gasteiger partial charge in [0.25, 0.3) is 0 Å². The number of halogens is 1. The number of rotatable bonds is 0. The molecule has 0 radical (unpaired) electrons. The lowest BCUT2D eigenvalue weighted by Crippen LogP contribution is -2.12. The van der Waals surface area contributed by atoms with E-state index >= 15 is 0 Å². The molecule has 0 aliphatic carbocycles. The van der Waals surface area contributed by atoms with Crippen molar-refractivity contribution in [3.63, 3.8) is 0 Å². The molecule has 0 aromatic rings. The maximum absolute atomic E-state index is 4.16. The van der Waals surface area contributed by atoms with Crippen LogP contribution in [0, 0.1) is 0 Å². The van der Waals surface area contributed by atoms with Crippen molar-refractivity contribution in [2.75, 3.05) is 7.05 Å². The SMILES string of the molecule is CC=C1N=CC(Br)=CN1C. The van der Waals surface area contributed by atoms with Gasteiger partial charge >= 0.3 is 0 Å². The second kappa shape index (κ2) is 3.01. The fraction of sp³-hybridized carbons (Fsp3) is 0.286. The summed E-state index contributed by atoms with van der Waals surface area (Å²) >= 11 is 3.33. The van der Waals surface area contributed by atoms with Gasteiger partial charge in [0.05, 0.1) is 4.48 Å². The summed E-state index contributed by atoms with van der Waals surface area (Å²) < 4.78 is 1.00. The van der Waals surface area contributed by atoms with Gasteiger partial charge in [0.2, 0.25) is 0 Å². The minimum absolute atomic E-state index is 0.975. The summed E-state index contributed by atoms with van der Waals surface area (Å²) in [6, 6.07) is 0. The van der Waals surface area contributed by atoms with Crippen molar-refractivity contribution in [1.29, 1.82) is 0 Å². The van der Waals surface area contributed by atoms with Crippen LogP contribution in [0.5, 0.6) is 0 Å². The van der Waals surface area contributed by atoms with Crippen LogP contribution in [0.25, 0.3) is 0 Å². The fourth-order valence-electron chi connectivity index (χ4n) is 0.782. The summed E-state index contributed by atoms with van der Waals surface area (Å²) in [5.74, 6) is 0.975. The number of hydrogen-bond donors (Lipinski definition) is 0. The normalized spacial score (nSPS) is 21.7. The summed E-state index contributed by atoms with van der Waals surface area (Å²) in [5.41, 5.74) is 0. The molecule has 1 aliphatic heterocycles. The molecule has 0 N–H and O–H groups in total. The van der Waals surface area contributed by atoms with Crippen LogP contribution in [0.4, 0.5) is 0 Å². The molecule has 3 heteroatoms. The van der Waals surface area contributed by atoms with Gasteiger partial charge < -0.3 is 4.90 Å². The lowest BCUT2D eigenvalue weighted by atomic mass is 10.5. The number of allylic oxidation sites excluding steroid dienone is 2. The first-order chi connectivity index (χ1) is 4.74. The smallest absolute Gasteiger partial charge is 0.127 e. The van der Waals surface area contributed by atoms with Crippen molar-refractivity contribution >= 4 is 22.1 Å². The van der Waals surface area contributed by atoms with E-state index in [0.717, 1.165) is 10.3 Å². The molecule has 0 unspecified atom stereocenters. The minimum atomic E-state index is 0.975. The maximum Gasteiger partial charge on any atom is 0.127 e. The Kier molecular flexibility index (Phi) is 2.27. The van der Waals surface area contributed by atoms with Crippen molar-refractivity contribution < 1.29 is 0 Å². The molecule has 0 aromatic heterocycles. The second-order valence-corrected chi connectivity index (χ2v) is 2.95. The van der Waals surface area contributed by atoms with E-state index in [0.29, 0.717) is 0 Å². The Bertz CT molecular complexity index is 216. The Labute approximate surface area is 69.1 Å². The Hall–Kier alpha value is -0.570. The third-order valence-corrected chi connectivity index (χ3v) is 1.67. The predicted octanol–water partition coefficient (Wildman–Crippen LogP) is 2.10. The van der Waals surface area contributed by atoms with E-state index in [1.807, 2.05) is 31.1 Å². The quantitative estimate of drug-likeness (QED) is 0.585. The van der Waals surface area contributed by atoms with E-state index in [4.69, 9.17) is 0 Å². The van der Waals surface area contributed by atoms with Gasteiger partial charge in [-0.05, 0) is 28.9 Å². The summed E-state index contributed by atoms with van der Waals surface area (Å²) in [6.07, 6.45) is 5.73. The molecule has 0 saturated carbocycles. The van der Waals surface area contributed by atoms with E-state index in [9.17, 15) is 0 Å². The summed E-state index contributed by atoms with van der Waals surface area (Å²) in [7, 11) is 1.97. The zero-order chi connectivity index (χ0) is 7.56. The minimum Gasteiger partial charge on any atom is -0.335 e. The largest absolute Gasteiger partial charge is 0.335 e. The van der Waals surface area contributed by atoms with E-state index < -0.39 is 0 Å². The molecule has 2 nitrogen and oxygen atoms in total. The van der Waals surface area contributed by atoms with Crippen LogP contribution in [0.15, 0.2) is 27.6 Å².